The first-order valence-electron chi connectivity index (χ1n) is 5.14. The van der Waals surface area contributed by atoms with E-state index in [4.69, 9.17) is 16.3 Å². The highest BCUT2D eigenvalue weighted by atomic mass is 35.5. The lowest BCUT2D eigenvalue weighted by Gasteiger charge is -2.10. The van der Waals surface area contributed by atoms with E-state index in [9.17, 15) is 0 Å². The van der Waals surface area contributed by atoms with E-state index in [0.717, 1.165) is 16.9 Å². The molecule has 2 heteroatoms. The number of ether oxygens (including phenoxy) is 1. The lowest BCUT2D eigenvalue weighted by Crippen LogP contribution is -1.92. The fourth-order valence-corrected chi connectivity index (χ4v) is 1.88. The van der Waals surface area contributed by atoms with E-state index in [2.05, 4.69) is 0 Å². The maximum atomic E-state index is 6.39. The van der Waals surface area contributed by atoms with Crippen LogP contribution < -0.4 is 4.74 Å². The first-order valence-corrected chi connectivity index (χ1v) is 5.58. The van der Waals surface area contributed by atoms with Gasteiger partial charge in [0.2, 0.25) is 0 Å². The van der Waals surface area contributed by atoms with Crippen LogP contribution in [0.25, 0.3) is 0 Å². The highest BCUT2D eigenvalue weighted by molar-refractivity contribution is 6.22. The summed E-state index contributed by atoms with van der Waals surface area (Å²) in [4.78, 5) is 0. The molecule has 0 saturated heterocycles. The van der Waals surface area contributed by atoms with E-state index in [-0.39, 0.29) is 5.38 Å². The van der Waals surface area contributed by atoms with Gasteiger partial charge in [0.05, 0.1) is 12.5 Å². The Morgan fingerprint density at radius 3 is 2.00 bits per heavy atom. The van der Waals surface area contributed by atoms with Crippen LogP contribution in [-0.4, -0.2) is 7.11 Å². The van der Waals surface area contributed by atoms with Crippen LogP contribution in [0.4, 0.5) is 0 Å². The third kappa shape index (κ3) is 2.37. The SMILES string of the molecule is COc1ccc(C(Cl)c2ccccc2)cc1. The van der Waals surface area contributed by atoms with Crippen LogP contribution in [0.5, 0.6) is 5.75 Å². The lowest BCUT2D eigenvalue weighted by atomic mass is 10.0. The highest BCUT2D eigenvalue weighted by Crippen LogP contribution is 2.29. The summed E-state index contributed by atoms with van der Waals surface area (Å²) in [5.41, 5.74) is 2.18. The van der Waals surface area contributed by atoms with Crippen molar-refractivity contribution in [3.05, 3.63) is 65.7 Å². The van der Waals surface area contributed by atoms with Gasteiger partial charge in [-0.15, -0.1) is 11.6 Å². The molecule has 0 saturated carbocycles. The summed E-state index contributed by atoms with van der Waals surface area (Å²) in [6.07, 6.45) is 0. The number of hydrogen-bond donors (Lipinski definition) is 0. The average Bonchev–Trinajstić information content (AvgIpc) is 2.39. The number of benzene rings is 2. The zero-order valence-corrected chi connectivity index (χ0v) is 9.82. The Balaban J connectivity index is 2.24. The van der Waals surface area contributed by atoms with Crippen molar-refractivity contribution in [1.29, 1.82) is 0 Å². The molecule has 0 bridgehead atoms. The minimum absolute atomic E-state index is 0.105. The molecular formula is C14H13ClO. The molecule has 0 aromatic heterocycles. The monoisotopic (exact) mass is 232 g/mol. The van der Waals surface area contributed by atoms with Crippen LogP contribution in [0.3, 0.4) is 0 Å². The van der Waals surface area contributed by atoms with E-state index in [1.807, 2.05) is 54.6 Å². The Bertz CT molecular complexity index is 436. The van der Waals surface area contributed by atoms with Gasteiger partial charge in [-0.1, -0.05) is 42.5 Å². The molecule has 0 aliphatic rings. The molecule has 0 amide bonds. The van der Waals surface area contributed by atoms with Gasteiger partial charge in [-0.25, -0.2) is 0 Å². The Morgan fingerprint density at radius 1 is 0.875 bits per heavy atom. The van der Waals surface area contributed by atoms with Crippen molar-refractivity contribution in [2.75, 3.05) is 7.11 Å². The van der Waals surface area contributed by atoms with Crippen molar-refractivity contribution in [3.8, 4) is 5.75 Å². The van der Waals surface area contributed by atoms with Gasteiger partial charge < -0.3 is 4.74 Å². The number of halogens is 1. The molecule has 16 heavy (non-hydrogen) atoms. The fourth-order valence-electron chi connectivity index (χ4n) is 1.59. The van der Waals surface area contributed by atoms with Crippen LogP contribution in [0.1, 0.15) is 16.5 Å². The van der Waals surface area contributed by atoms with Gasteiger partial charge in [0.25, 0.3) is 0 Å². The minimum Gasteiger partial charge on any atom is -0.497 e. The quantitative estimate of drug-likeness (QED) is 0.727. The Hall–Kier alpha value is -1.47. The lowest BCUT2D eigenvalue weighted by molar-refractivity contribution is 0.414. The van der Waals surface area contributed by atoms with Gasteiger partial charge >= 0.3 is 0 Å². The third-order valence-corrected chi connectivity index (χ3v) is 3.00. The average molecular weight is 233 g/mol. The van der Waals surface area contributed by atoms with E-state index >= 15 is 0 Å². The second-order valence-corrected chi connectivity index (χ2v) is 3.98. The van der Waals surface area contributed by atoms with Crippen molar-refractivity contribution in [2.45, 2.75) is 5.38 Å². The van der Waals surface area contributed by atoms with Crippen molar-refractivity contribution >= 4 is 11.6 Å². The largest absolute Gasteiger partial charge is 0.497 e. The molecule has 0 radical (unpaired) electrons. The molecule has 2 aromatic rings. The number of methoxy groups -OCH3 is 1. The first kappa shape index (κ1) is 11.0. The van der Waals surface area contributed by atoms with E-state index in [1.165, 1.54) is 0 Å². The molecule has 0 aliphatic carbocycles. The number of hydrogen-bond acceptors (Lipinski definition) is 1. The Labute approximate surface area is 101 Å². The van der Waals surface area contributed by atoms with Crippen molar-refractivity contribution in [1.82, 2.24) is 0 Å². The zero-order valence-electron chi connectivity index (χ0n) is 9.06. The van der Waals surface area contributed by atoms with E-state index in [0.29, 0.717) is 0 Å². The molecule has 1 nitrogen and oxygen atoms in total. The molecule has 82 valence electrons. The molecule has 0 N–H and O–H groups in total. The molecule has 0 fully saturated rings. The van der Waals surface area contributed by atoms with Crippen molar-refractivity contribution in [2.24, 2.45) is 0 Å². The third-order valence-electron chi connectivity index (χ3n) is 2.50. The standard InChI is InChI=1S/C14H13ClO/c1-16-13-9-7-12(8-10-13)14(15)11-5-3-2-4-6-11/h2-10,14H,1H3. The van der Waals surface area contributed by atoms with Gasteiger partial charge in [-0.2, -0.15) is 0 Å². The topological polar surface area (TPSA) is 9.23 Å². The number of alkyl halides is 1. The van der Waals surface area contributed by atoms with Gasteiger partial charge in [0.15, 0.2) is 0 Å². The summed E-state index contributed by atoms with van der Waals surface area (Å²) in [5.74, 6) is 0.848. The predicted molar refractivity (Wildman–Crippen MR) is 67.1 cm³/mol. The van der Waals surface area contributed by atoms with Crippen LogP contribution in [0.2, 0.25) is 0 Å². The van der Waals surface area contributed by atoms with Gasteiger partial charge in [-0.05, 0) is 23.3 Å². The highest BCUT2D eigenvalue weighted by Gasteiger charge is 2.09. The van der Waals surface area contributed by atoms with Crippen LogP contribution in [0, 0.1) is 0 Å². The maximum absolute atomic E-state index is 6.39. The Kier molecular flexibility index (Phi) is 3.47. The second-order valence-electron chi connectivity index (χ2n) is 3.55. The van der Waals surface area contributed by atoms with Crippen molar-refractivity contribution < 1.29 is 4.74 Å². The molecule has 2 aromatic carbocycles. The summed E-state index contributed by atoms with van der Waals surface area (Å²) >= 11 is 6.39. The fraction of sp³-hybridized carbons (Fsp3) is 0.143. The smallest absolute Gasteiger partial charge is 0.118 e. The second kappa shape index (κ2) is 5.04. The van der Waals surface area contributed by atoms with E-state index in [1.54, 1.807) is 7.11 Å². The number of rotatable bonds is 3. The molecular weight excluding hydrogens is 220 g/mol. The summed E-state index contributed by atoms with van der Waals surface area (Å²) in [7, 11) is 1.66. The zero-order chi connectivity index (χ0) is 11.4. The minimum atomic E-state index is -0.105. The molecule has 1 atom stereocenters. The molecule has 0 spiro atoms. The normalized spacial score (nSPS) is 12.1. The van der Waals surface area contributed by atoms with Crippen LogP contribution in [0.15, 0.2) is 54.6 Å². The van der Waals surface area contributed by atoms with Crippen LogP contribution in [-0.2, 0) is 0 Å². The molecule has 0 aliphatic heterocycles. The van der Waals surface area contributed by atoms with Gasteiger partial charge in [0, 0.05) is 0 Å². The van der Waals surface area contributed by atoms with Gasteiger partial charge in [0.1, 0.15) is 5.75 Å². The summed E-state index contributed by atoms with van der Waals surface area (Å²) in [6.45, 7) is 0. The van der Waals surface area contributed by atoms with Gasteiger partial charge in [-0.3, -0.25) is 0 Å². The van der Waals surface area contributed by atoms with Crippen LogP contribution >= 0.6 is 11.6 Å². The molecule has 2 rings (SSSR count). The first-order chi connectivity index (χ1) is 7.81. The summed E-state index contributed by atoms with van der Waals surface area (Å²) in [6, 6.07) is 17.9. The maximum Gasteiger partial charge on any atom is 0.118 e. The predicted octanol–water partition coefficient (Wildman–Crippen LogP) is 4.02. The molecule has 1 unspecified atom stereocenters. The van der Waals surface area contributed by atoms with Crippen molar-refractivity contribution in [3.63, 3.8) is 0 Å². The summed E-state index contributed by atoms with van der Waals surface area (Å²) < 4.78 is 5.11. The van der Waals surface area contributed by atoms with E-state index < -0.39 is 0 Å². The summed E-state index contributed by atoms with van der Waals surface area (Å²) in [5, 5.41) is -0.105. The Morgan fingerprint density at radius 2 is 1.44 bits per heavy atom. The molecule has 0 heterocycles.